The van der Waals surface area contributed by atoms with Gasteiger partial charge in [0.1, 0.15) is 17.2 Å². The van der Waals surface area contributed by atoms with Crippen LogP contribution in [0.1, 0.15) is 10.4 Å². The molecular formula is C17H14N3O2. The van der Waals surface area contributed by atoms with Gasteiger partial charge in [-0.15, -0.1) is 12.1 Å². The zero-order valence-electron chi connectivity index (χ0n) is 12.0. The Hall–Kier alpha value is -3.08. The minimum absolute atomic E-state index is 0.244. The number of ketones is 1. The fraction of sp³-hybridized carbons (Fsp3) is 0.0588. The third-order valence-corrected chi connectivity index (χ3v) is 3.16. The Balaban J connectivity index is 1.73. The van der Waals surface area contributed by atoms with E-state index in [1.54, 1.807) is 44.0 Å². The number of rotatable bonds is 5. The molecule has 0 fully saturated rings. The smallest absolute Gasteiger partial charge is 0.215 e. The second-order valence-corrected chi connectivity index (χ2v) is 4.60. The summed E-state index contributed by atoms with van der Waals surface area (Å²) < 4.78 is 8.26. The Kier molecular flexibility index (Phi) is 3.87. The molecule has 22 heavy (non-hydrogen) atoms. The maximum absolute atomic E-state index is 12.1. The number of hydrogen-bond acceptors (Lipinski definition) is 3. The predicted molar refractivity (Wildman–Crippen MR) is 79.7 cm³/mol. The quantitative estimate of drug-likeness (QED) is 0.410. The van der Waals surface area contributed by atoms with Crippen LogP contribution in [-0.4, -0.2) is 22.6 Å². The zero-order valence-corrected chi connectivity index (χ0v) is 12.0. The van der Waals surface area contributed by atoms with Gasteiger partial charge >= 0.3 is 0 Å². The monoisotopic (exact) mass is 292 g/mol. The largest absolute Gasteiger partial charge is 0.497 e. The molecule has 3 rings (SSSR count). The average Bonchev–Trinajstić information content (AvgIpc) is 3.04. The highest BCUT2D eigenvalue weighted by Gasteiger charge is 2.07. The molecule has 0 saturated heterocycles. The number of carbonyl (C=O) groups is 1. The predicted octanol–water partition coefficient (Wildman–Crippen LogP) is 1.94. The number of aromatic nitrogens is 3. The number of hydrogen-bond donors (Lipinski definition) is 0. The van der Waals surface area contributed by atoms with Crippen LogP contribution in [0.25, 0.3) is 5.69 Å². The topological polar surface area (TPSA) is 48.0 Å². The van der Waals surface area contributed by atoms with Gasteiger partial charge in [-0.3, -0.25) is 0 Å². The van der Waals surface area contributed by atoms with Gasteiger partial charge in [0.05, 0.1) is 13.7 Å². The molecule has 0 aliphatic heterocycles. The molecule has 2 aromatic carbocycles. The number of ether oxygens (including phenoxy) is 1. The van der Waals surface area contributed by atoms with Gasteiger partial charge < -0.3 is 9.53 Å². The second kappa shape index (κ2) is 6.13. The third kappa shape index (κ3) is 2.98. The van der Waals surface area contributed by atoms with Crippen LogP contribution in [0.5, 0.6) is 5.75 Å². The molecule has 0 bridgehead atoms. The van der Waals surface area contributed by atoms with Gasteiger partial charge in [-0.25, -0.2) is 9.25 Å². The van der Waals surface area contributed by atoms with E-state index in [1.807, 2.05) is 34.9 Å². The summed E-state index contributed by atoms with van der Waals surface area (Å²) in [5, 5.41) is 4.11. The van der Waals surface area contributed by atoms with Gasteiger partial charge in [0.2, 0.25) is 6.33 Å². The van der Waals surface area contributed by atoms with Crippen molar-refractivity contribution in [2.24, 2.45) is 0 Å². The lowest BCUT2D eigenvalue weighted by atomic mass is 10.1. The van der Waals surface area contributed by atoms with Gasteiger partial charge in [-0.2, -0.15) is 0 Å². The van der Waals surface area contributed by atoms with Crippen LogP contribution in [0, 0.1) is 6.54 Å². The Morgan fingerprint density at radius 3 is 2.55 bits per heavy atom. The van der Waals surface area contributed by atoms with E-state index in [1.165, 1.54) is 4.68 Å². The summed E-state index contributed by atoms with van der Waals surface area (Å²) in [7, 11) is 1.58. The minimum atomic E-state index is -0.244. The number of carbonyl (C=O) groups excluding carboxylic acids is 1. The number of nitrogens with zero attached hydrogens (tertiary/aromatic N) is 3. The molecule has 5 heteroatoms. The Bertz CT molecular complexity index is 764. The van der Waals surface area contributed by atoms with Crippen molar-refractivity contribution in [3.63, 3.8) is 0 Å². The van der Waals surface area contributed by atoms with E-state index in [0.29, 0.717) is 11.3 Å². The standard InChI is InChI=1S/C17H14N3O2/c1-22-16-9-7-14(8-10-16)17(21)11-20-13-19(12-18-20)15-5-3-2-4-6-15/h2-10,12-13H,1H3. The number of para-hydroxylation sites is 1. The van der Waals surface area contributed by atoms with Gasteiger partial charge in [0.15, 0.2) is 6.33 Å². The normalized spacial score (nSPS) is 10.2. The van der Waals surface area contributed by atoms with Crippen molar-refractivity contribution in [3.8, 4) is 11.4 Å². The van der Waals surface area contributed by atoms with E-state index in [-0.39, 0.29) is 5.78 Å². The number of methoxy groups -OCH3 is 1. The number of Topliss-reactive ketones (excluding diaryl/α,β-unsaturated/α-hetero) is 1. The van der Waals surface area contributed by atoms with Crippen molar-refractivity contribution in [1.29, 1.82) is 0 Å². The molecule has 0 saturated carbocycles. The molecule has 0 atom stereocenters. The van der Waals surface area contributed by atoms with Crippen LogP contribution in [0.15, 0.2) is 67.3 Å². The average molecular weight is 292 g/mol. The highest BCUT2D eigenvalue weighted by molar-refractivity contribution is 6.01. The van der Waals surface area contributed by atoms with Crippen molar-refractivity contribution in [2.45, 2.75) is 0 Å². The van der Waals surface area contributed by atoms with Crippen LogP contribution < -0.4 is 9.42 Å². The van der Waals surface area contributed by atoms with E-state index in [2.05, 4.69) is 11.6 Å². The van der Waals surface area contributed by atoms with Crippen molar-refractivity contribution in [3.05, 3.63) is 79.4 Å². The molecule has 3 aromatic rings. The molecule has 0 N–H and O–H groups in total. The summed E-state index contributed by atoms with van der Waals surface area (Å²) in [5.74, 6) is 0.462. The number of benzene rings is 2. The van der Waals surface area contributed by atoms with E-state index in [0.717, 1.165) is 5.69 Å². The van der Waals surface area contributed by atoms with Gasteiger partial charge in [-0.05, 0) is 24.3 Å². The lowest BCUT2D eigenvalue weighted by Gasteiger charge is -2.06. The zero-order chi connectivity index (χ0) is 15.4. The Labute approximate surface area is 128 Å². The van der Waals surface area contributed by atoms with Crippen molar-refractivity contribution >= 4 is 5.78 Å². The van der Waals surface area contributed by atoms with Crippen LogP contribution in [0.4, 0.5) is 0 Å². The van der Waals surface area contributed by atoms with E-state index in [9.17, 15) is 4.79 Å². The molecule has 1 aromatic heterocycles. The van der Waals surface area contributed by atoms with Gasteiger partial charge in [0, 0.05) is 0 Å². The summed E-state index contributed by atoms with van der Waals surface area (Å²) in [6.45, 7) is 2.69. The lowest BCUT2D eigenvalue weighted by Crippen LogP contribution is -2.36. The molecule has 0 unspecified atom stereocenters. The van der Waals surface area contributed by atoms with Crippen molar-refractivity contribution in [2.75, 3.05) is 7.11 Å². The van der Waals surface area contributed by atoms with Crippen LogP contribution >= 0.6 is 0 Å². The van der Waals surface area contributed by atoms with Crippen LogP contribution in [-0.2, 0) is 0 Å². The van der Waals surface area contributed by atoms with E-state index in [4.69, 9.17) is 4.74 Å². The highest BCUT2D eigenvalue weighted by Crippen LogP contribution is 2.12. The maximum atomic E-state index is 12.1. The third-order valence-electron chi connectivity index (χ3n) is 3.16. The summed E-state index contributed by atoms with van der Waals surface area (Å²) >= 11 is 0. The molecule has 1 heterocycles. The first-order chi connectivity index (χ1) is 10.8. The van der Waals surface area contributed by atoms with Crippen LogP contribution in [0.3, 0.4) is 0 Å². The summed E-state index contributed by atoms with van der Waals surface area (Å²) in [4.78, 5) is 12.1. The first-order valence-corrected chi connectivity index (χ1v) is 6.73. The van der Waals surface area contributed by atoms with Crippen LogP contribution in [0.2, 0.25) is 0 Å². The molecule has 0 amide bonds. The van der Waals surface area contributed by atoms with Gasteiger partial charge in [-0.1, -0.05) is 28.9 Å². The first kappa shape index (κ1) is 13.9. The highest BCUT2D eigenvalue weighted by atomic mass is 16.5. The molecule has 5 nitrogen and oxygen atoms in total. The van der Waals surface area contributed by atoms with Crippen molar-refractivity contribution in [1.82, 2.24) is 9.67 Å². The SMILES string of the molecule is COc1ccc(C(=O)[C-][n+]2cn(-c3ccccc3)cn2)cc1. The minimum Gasteiger partial charge on any atom is -0.497 e. The Morgan fingerprint density at radius 1 is 1.14 bits per heavy atom. The molecule has 0 spiro atoms. The van der Waals surface area contributed by atoms with Gasteiger partial charge in [0.25, 0.3) is 0 Å². The molecule has 109 valence electrons. The fourth-order valence-electron chi connectivity index (χ4n) is 1.99. The molecule has 1 radical (unpaired) electrons. The summed E-state index contributed by atoms with van der Waals surface area (Å²) in [5.41, 5.74) is 1.50. The van der Waals surface area contributed by atoms with Crippen molar-refractivity contribution < 1.29 is 14.2 Å². The second-order valence-electron chi connectivity index (χ2n) is 4.60. The van der Waals surface area contributed by atoms with E-state index < -0.39 is 0 Å². The summed E-state index contributed by atoms with van der Waals surface area (Å²) in [6.07, 6.45) is 3.32. The molecule has 0 aliphatic rings. The molecule has 0 aliphatic carbocycles. The first-order valence-electron chi connectivity index (χ1n) is 6.73. The van der Waals surface area contributed by atoms with E-state index >= 15 is 0 Å². The summed E-state index contributed by atoms with van der Waals surface area (Å²) in [6, 6.07) is 16.6. The fourth-order valence-corrected chi connectivity index (χ4v) is 1.99. The maximum Gasteiger partial charge on any atom is 0.215 e. The molecular weight excluding hydrogens is 278 g/mol. The Morgan fingerprint density at radius 2 is 1.86 bits per heavy atom. The lowest BCUT2D eigenvalue weighted by molar-refractivity contribution is -0.684.